The van der Waals surface area contributed by atoms with Crippen molar-refractivity contribution in [3.8, 4) is 5.75 Å². The van der Waals surface area contributed by atoms with Crippen LogP contribution >= 0.6 is 0 Å². The highest BCUT2D eigenvalue weighted by Gasteiger charge is 2.33. The van der Waals surface area contributed by atoms with Crippen molar-refractivity contribution in [3.05, 3.63) is 23.8 Å². The molecule has 1 rings (SSSR count). The highest BCUT2D eigenvalue weighted by Crippen LogP contribution is 2.22. The molecular formula is C14H20N2O4. The van der Waals surface area contributed by atoms with Crippen LogP contribution in [0.2, 0.25) is 0 Å². The SMILES string of the molecule is COc1ccc(N)c(C(=O)N[C@H](C(=O)O)C(C)(C)C)c1. The van der Waals surface area contributed by atoms with Crippen LogP contribution in [0.15, 0.2) is 18.2 Å². The zero-order chi connectivity index (χ0) is 15.5. The number of rotatable bonds is 4. The number of nitrogens with one attached hydrogen (secondary N) is 1. The van der Waals surface area contributed by atoms with E-state index in [1.165, 1.54) is 13.2 Å². The number of anilines is 1. The van der Waals surface area contributed by atoms with Crippen LogP contribution in [0.5, 0.6) is 5.75 Å². The van der Waals surface area contributed by atoms with Gasteiger partial charge in [0.2, 0.25) is 0 Å². The maximum atomic E-state index is 12.2. The minimum Gasteiger partial charge on any atom is -0.497 e. The van der Waals surface area contributed by atoms with E-state index < -0.39 is 23.3 Å². The van der Waals surface area contributed by atoms with Gasteiger partial charge in [-0.05, 0) is 23.6 Å². The van der Waals surface area contributed by atoms with Crippen molar-refractivity contribution < 1.29 is 19.4 Å². The number of hydrogen-bond acceptors (Lipinski definition) is 4. The lowest BCUT2D eigenvalue weighted by molar-refractivity contribution is -0.142. The van der Waals surface area contributed by atoms with Gasteiger partial charge in [-0.15, -0.1) is 0 Å². The number of carbonyl (C=O) groups excluding carboxylic acids is 1. The van der Waals surface area contributed by atoms with Gasteiger partial charge in [-0.2, -0.15) is 0 Å². The van der Waals surface area contributed by atoms with Crippen molar-refractivity contribution in [2.45, 2.75) is 26.8 Å². The first-order chi connectivity index (χ1) is 9.16. The maximum absolute atomic E-state index is 12.2. The van der Waals surface area contributed by atoms with Gasteiger partial charge < -0.3 is 20.9 Å². The molecule has 0 bridgehead atoms. The van der Waals surface area contributed by atoms with E-state index in [-0.39, 0.29) is 11.3 Å². The predicted molar refractivity (Wildman–Crippen MR) is 75.8 cm³/mol. The molecule has 1 aromatic carbocycles. The van der Waals surface area contributed by atoms with Crippen molar-refractivity contribution in [2.75, 3.05) is 12.8 Å². The Morgan fingerprint density at radius 2 is 1.95 bits per heavy atom. The fraction of sp³-hybridized carbons (Fsp3) is 0.429. The Labute approximate surface area is 117 Å². The van der Waals surface area contributed by atoms with Crippen LogP contribution in [-0.4, -0.2) is 30.1 Å². The second-order valence-electron chi connectivity index (χ2n) is 5.56. The Kier molecular flexibility index (Phi) is 4.60. The fourth-order valence-electron chi connectivity index (χ4n) is 1.72. The van der Waals surface area contributed by atoms with Crippen molar-refractivity contribution in [1.29, 1.82) is 0 Å². The van der Waals surface area contributed by atoms with Crippen LogP contribution in [0.1, 0.15) is 31.1 Å². The lowest BCUT2D eigenvalue weighted by atomic mass is 9.86. The number of hydrogen-bond donors (Lipinski definition) is 3. The van der Waals surface area contributed by atoms with Crippen molar-refractivity contribution in [1.82, 2.24) is 5.32 Å². The highest BCUT2D eigenvalue weighted by atomic mass is 16.5. The number of nitrogens with two attached hydrogens (primary N) is 1. The van der Waals surface area contributed by atoms with Gasteiger partial charge in [0.05, 0.1) is 12.7 Å². The van der Waals surface area contributed by atoms with Gasteiger partial charge in [0.15, 0.2) is 0 Å². The number of amides is 1. The zero-order valence-corrected chi connectivity index (χ0v) is 12.1. The van der Waals surface area contributed by atoms with Crippen LogP contribution in [0.25, 0.3) is 0 Å². The first kappa shape index (κ1) is 15.8. The second kappa shape index (κ2) is 5.81. The number of benzene rings is 1. The molecule has 20 heavy (non-hydrogen) atoms. The van der Waals surface area contributed by atoms with E-state index in [0.29, 0.717) is 5.75 Å². The van der Waals surface area contributed by atoms with Crippen LogP contribution in [0.4, 0.5) is 5.69 Å². The molecule has 0 fully saturated rings. The van der Waals surface area contributed by atoms with Crippen LogP contribution in [0, 0.1) is 5.41 Å². The molecule has 1 amide bonds. The van der Waals surface area contributed by atoms with Crippen molar-refractivity contribution in [2.24, 2.45) is 5.41 Å². The monoisotopic (exact) mass is 280 g/mol. The standard InChI is InChI=1S/C14H20N2O4/c1-14(2,3)11(13(18)19)16-12(17)9-7-8(20-4)5-6-10(9)15/h5-7,11H,15H2,1-4H3,(H,16,17)(H,18,19)/t11-/m1/s1. The number of nitrogen functional groups attached to an aromatic ring is 1. The van der Waals surface area contributed by atoms with E-state index >= 15 is 0 Å². The molecular weight excluding hydrogens is 260 g/mol. The minimum atomic E-state index is -1.09. The van der Waals surface area contributed by atoms with E-state index in [1.807, 2.05) is 0 Å². The lowest BCUT2D eigenvalue weighted by Gasteiger charge is -2.28. The zero-order valence-electron chi connectivity index (χ0n) is 12.1. The van der Waals surface area contributed by atoms with Crippen molar-refractivity contribution in [3.63, 3.8) is 0 Å². The molecule has 1 aromatic rings. The van der Waals surface area contributed by atoms with Gasteiger partial charge in [-0.25, -0.2) is 4.79 Å². The third-order valence-corrected chi connectivity index (χ3v) is 2.89. The molecule has 0 saturated carbocycles. The second-order valence-corrected chi connectivity index (χ2v) is 5.56. The number of carboxylic acids is 1. The molecule has 6 heteroatoms. The Bertz CT molecular complexity index is 520. The molecule has 6 nitrogen and oxygen atoms in total. The van der Waals surface area contributed by atoms with Crippen molar-refractivity contribution >= 4 is 17.6 Å². The number of ether oxygens (including phenoxy) is 1. The van der Waals surface area contributed by atoms with Gasteiger partial charge in [-0.1, -0.05) is 20.8 Å². The summed E-state index contributed by atoms with van der Waals surface area (Å²) in [4.78, 5) is 23.4. The van der Waals surface area contributed by atoms with E-state index in [2.05, 4.69) is 5.32 Å². The summed E-state index contributed by atoms with van der Waals surface area (Å²) in [6.45, 7) is 5.21. The first-order valence-corrected chi connectivity index (χ1v) is 6.14. The van der Waals surface area contributed by atoms with Gasteiger partial charge in [0, 0.05) is 5.69 Å². The largest absolute Gasteiger partial charge is 0.497 e. The molecule has 0 aliphatic heterocycles. The molecule has 0 unspecified atom stereocenters. The topological polar surface area (TPSA) is 102 Å². The predicted octanol–water partition coefficient (Wildman–Crippen LogP) is 1.51. The van der Waals surface area contributed by atoms with E-state index in [4.69, 9.17) is 10.5 Å². The molecule has 0 heterocycles. The Morgan fingerprint density at radius 3 is 2.40 bits per heavy atom. The van der Waals surface area contributed by atoms with E-state index in [0.717, 1.165) is 0 Å². The number of aliphatic carboxylic acids is 1. The summed E-state index contributed by atoms with van der Waals surface area (Å²) in [6, 6.07) is 3.64. The normalized spacial score (nSPS) is 12.6. The lowest BCUT2D eigenvalue weighted by Crippen LogP contribution is -2.49. The third kappa shape index (κ3) is 3.63. The molecule has 0 radical (unpaired) electrons. The molecule has 0 saturated heterocycles. The van der Waals surface area contributed by atoms with Crippen LogP contribution in [-0.2, 0) is 4.79 Å². The molecule has 1 atom stereocenters. The molecule has 0 aromatic heterocycles. The number of methoxy groups -OCH3 is 1. The summed E-state index contributed by atoms with van der Waals surface area (Å²) in [5.41, 5.74) is 5.59. The van der Waals surface area contributed by atoms with Crippen LogP contribution in [0.3, 0.4) is 0 Å². The van der Waals surface area contributed by atoms with Gasteiger partial charge in [-0.3, -0.25) is 4.79 Å². The van der Waals surface area contributed by atoms with E-state index in [1.54, 1.807) is 32.9 Å². The summed E-state index contributed by atoms with van der Waals surface area (Å²) >= 11 is 0. The summed E-state index contributed by atoms with van der Waals surface area (Å²) < 4.78 is 5.03. The average molecular weight is 280 g/mol. The van der Waals surface area contributed by atoms with Gasteiger partial charge >= 0.3 is 5.97 Å². The number of carbonyl (C=O) groups is 2. The Hall–Kier alpha value is -2.24. The summed E-state index contributed by atoms with van der Waals surface area (Å²) in [6.07, 6.45) is 0. The minimum absolute atomic E-state index is 0.194. The average Bonchev–Trinajstić information content (AvgIpc) is 2.34. The van der Waals surface area contributed by atoms with E-state index in [9.17, 15) is 14.7 Å². The first-order valence-electron chi connectivity index (χ1n) is 6.14. The molecule has 0 aliphatic rings. The smallest absolute Gasteiger partial charge is 0.326 e. The van der Waals surface area contributed by atoms with Crippen LogP contribution < -0.4 is 15.8 Å². The Morgan fingerprint density at radius 1 is 1.35 bits per heavy atom. The van der Waals surface area contributed by atoms with Gasteiger partial charge in [0.25, 0.3) is 5.91 Å². The van der Waals surface area contributed by atoms with Gasteiger partial charge in [0.1, 0.15) is 11.8 Å². The summed E-state index contributed by atoms with van der Waals surface area (Å²) in [5, 5.41) is 11.7. The quantitative estimate of drug-likeness (QED) is 0.725. The highest BCUT2D eigenvalue weighted by molar-refractivity contribution is 6.01. The molecule has 0 spiro atoms. The fourth-order valence-corrected chi connectivity index (χ4v) is 1.72. The number of carboxylic acid groups (broad SMARTS) is 1. The summed E-state index contributed by atoms with van der Waals surface area (Å²) in [7, 11) is 1.47. The molecule has 110 valence electrons. The molecule has 0 aliphatic carbocycles. The Balaban J connectivity index is 3.03. The third-order valence-electron chi connectivity index (χ3n) is 2.89. The summed E-state index contributed by atoms with van der Waals surface area (Å²) in [5.74, 6) is -1.15. The maximum Gasteiger partial charge on any atom is 0.326 e. The molecule has 4 N–H and O–H groups in total.